The molecular formula is C9H18O. The van der Waals surface area contributed by atoms with E-state index in [1.807, 2.05) is 0 Å². The second-order valence-electron chi connectivity index (χ2n) is 3.34. The molecule has 1 rings (SSSR count). The van der Waals surface area contributed by atoms with Crippen LogP contribution in [0, 0.1) is 5.41 Å². The first-order chi connectivity index (χ1) is 4.83. The Kier molecular flexibility index (Phi) is 2.72. The van der Waals surface area contributed by atoms with Gasteiger partial charge in [-0.1, -0.05) is 13.3 Å². The highest BCUT2D eigenvalue weighted by Gasteiger charge is 2.34. The summed E-state index contributed by atoms with van der Waals surface area (Å²) in [6.07, 6.45) is 5.50. The lowest BCUT2D eigenvalue weighted by Crippen LogP contribution is -2.33. The zero-order chi connectivity index (χ0) is 7.45. The van der Waals surface area contributed by atoms with Gasteiger partial charge in [-0.25, -0.2) is 0 Å². The average molecular weight is 142 g/mol. The molecule has 1 aliphatic carbocycles. The summed E-state index contributed by atoms with van der Waals surface area (Å²) in [6, 6.07) is 0. The fourth-order valence-electron chi connectivity index (χ4n) is 1.60. The molecule has 0 atom stereocenters. The zero-order valence-corrected chi connectivity index (χ0v) is 7.15. The van der Waals surface area contributed by atoms with Crippen LogP contribution in [-0.4, -0.2) is 13.2 Å². The molecule has 1 nitrogen and oxygen atoms in total. The molecule has 0 bridgehead atoms. The fraction of sp³-hybridized carbons (Fsp3) is 1.00. The van der Waals surface area contributed by atoms with Gasteiger partial charge in [-0.15, -0.1) is 0 Å². The van der Waals surface area contributed by atoms with E-state index in [0.717, 1.165) is 13.2 Å². The molecule has 0 aliphatic heterocycles. The molecule has 0 unspecified atom stereocenters. The summed E-state index contributed by atoms with van der Waals surface area (Å²) in [5.41, 5.74) is 0.593. The van der Waals surface area contributed by atoms with Gasteiger partial charge in [0, 0.05) is 6.61 Å². The summed E-state index contributed by atoms with van der Waals surface area (Å²) in [4.78, 5) is 0. The molecule has 1 aliphatic rings. The van der Waals surface area contributed by atoms with Crippen LogP contribution in [0.5, 0.6) is 0 Å². The van der Waals surface area contributed by atoms with Crippen LogP contribution >= 0.6 is 0 Å². The van der Waals surface area contributed by atoms with Crippen LogP contribution in [0.25, 0.3) is 0 Å². The molecule has 0 radical (unpaired) electrons. The third-order valence-electron chi connectivity index (χ3n) is 2.78. The Balaban J connectivity index is 2.20. The van der Waals surface area contributed by atoms with E-state index in [4.69, 9.17) is 4.74 Å². The van der Waals surface area contributed by atoms with Crippen molar-refractivity contribution in [2.24, 2.45) is 5.41 Å². The van der Waals surface area contributed by atoms with Crippen LogP contribution in [0.4, 0.5) is 0 Å². The van der Waals surface area contributed by atoms with Gasteiger partial charge in [-0.3, -0.25) is 0 Å². The third kappa shape index (κ3) is 1.51. The van der Waals surface area contributed by atoms with Gasteiger partial charge >= 0.3 is 0 Å². The summed E-state index contributed by atoms with van der Waals surface area (Å²) in [7, 11) is 0. The maximum atomic E-state index is 5.43. The number of hydrogen-bond donors (Lipinski definition) is 0. The Hall–Kier alpha value is -0.0400. The van der Waals surface area contributed by atoms with E-state index in [0.29, 0.717) is 5.41 Å². The molecule has 1 saturated carbocycles. The Morgan fingerprint density at radius 3 is 2.30 bits per heavy atom. The third-order valence-corrected chi connectivity index (χ3v) is 2.78. The second-order valence-corrected chi connectivity index (χ2v) is 3.34. The standard InChI is InChI=1S/C9H18O/c1-3-9(6-5-7-9)8-10-4-2/h3-8H2,1-2H3. The summed E-state index contributed by atoms with van der Waals surface area (Å²) >= 11 is 0. The molecule has 0 aromatic heterocycles. The minimum absolute atomic E-state index is 0.593. The minimum atomic E-state index is 0.593. The molecule has 0 saturated heterocycles. The first-order valence-electron chi connectivity index (χ1n) is 4.41. The average Bonchev–Trinajstić information content (AvgIpc) is 1.87. The van der Waals surface area contributed by atoms with Gasteiger partial charge in [0.2, 0.25) is 0 Å². The van der Waals surface area contributed by atoms with Crippen molar-refractivity contribution in [3.8, 4) is 0 Å². The number of hydrogen-bond acceptors (Lipinski definition) is 1. The van der Waals surface area contributed by atoms with Gasteiger partial charge in [-0.05, 0) is 31.6 Å². The monoisotopic (exact) mass is 142 g/mol. The Bertz CT molecular complexity index is 89.4. The molecule has 0 spiro atoms. The largest absolute Gasteiger partial charge is 0.381 e. The molecule has 1 heteroatoms. The first-order valence-corrected chi connectivity index (χ1v) is 4.41. The van der Waals surface area contributed by atoms with E-state index in [-0.39, 0.29) is 0 Å². The maximum absolute atomic E-state index is 5.43. The molecule has 10 heavy (non-hydrogen) atoms. The SMILES string of the molecule is CCOCC1(CC)CCC1. The molecule has 60 valence electrons. The van der Waals surface area contributed by atoms with E-state index in [2.05, 4.69) is 13.8 Å². The topological polar surface area (TPSA) is 9.23 Å². The van der Waals surface area contributed by atoms with Crippen molar-refractivity contribution < 1.29 is 4.74 Å². The van der Waals surface area contributed by atoms with E-state index < -0.39 is 0 Å². The van der Waals surface area contributed by atoms with E-state index in [1.165, 1.54) is 25.7 Å². The van der Waals surface area contributed by atoms with Crippen LogP contribution in [0.2, 0.25) is 0 Å². The van der Waals surface area contributed by atoms with Crippen molar-refractivity contribution in [1.82, 2.24) is 0 Å². The van der Waals surface area contributed by atoms with Gasteiger partial charge < -0.3 is 4.74 Å². The first kappa shape index (κ1) is 8.06. The normalized spacial score (nSPS) is 22.2. The summed E-state index contributed by atoms with van der Waals surface area (Å²) in [5.74, 6) is 0. The molecule has 0 aromatic carbocycles. The highest BCUT2D eigenvalue weighted by atomic mass is 16.5. The second kappa shape index (κ2) is 3.38. The van der Waals surface area contributed by atoms with Gasteiger partial charge in [0.1, 0.15) is 0 Å². The molecule has 0 N–H and O–H groups in total. The Morgan fingerprint density at radius 2 is 2.00 bits per heavy atom. The molecule has 0 heterocycles. The molecule has 1 fully saturated rings. The predicted molar refractivity (Wildman–Crippen MR) is 43.1 cm³/mol. The van der Waals surface area contributed by atoms with Crippen LogP contribution in [0.15, 0.2) is 0 Å². The van der Waals surface area contributed by atoms with Gasteiger partial charge in [0.15, 0.2) is 0 Å². The minimum Gasteiger partial charge on any atom is -0.381 e. The predicted octanol–water partition coefficient (Wildman–Crippen LogP) is 2.60. The van der Waals surface area contributed by atoms with Crippen molar-refractivity contribution in [1.29, 1.82) is 0 Å². The smallest absolute Gasteiger partial charge is 0.0522 e. The molecule has 0 amide bonds. The van der Waals surface area contributed by atoms with Crippen molar-refractivity contribution in [2.75, 3.05) is 13.2 Å². The Morgan fingerprint density at radius 1 is 1.30 bits per heavy atom. The van der Waals surface area contributed by atoms with E-state index >= 15 is 0 Å². The van der Waals surface area contributed by atoms with Crippen LogP contribution in [0.1, 0.15) is 39.5 Å². The summed E-state index contributed by atoms with van der Waals surface area (Å²) < 4.78 is 5.43. The summed E-state index contributed by atoms with van der Waals surface area (Å²) in [6.45, 7) is 6.22. The van der Waals surface area contributed by atoms with Crippen LogP contribution in [-0.2, 0) is 4.74 Å². The lowest BCUT2D eigenvalue weighted by atomic mass is 9.68. The fourth-order valence-corrected chi connectivity index (χ4v) is 1.60. The van der Waals surface area contributed by atoms with Crippen molar-refractivity contribution in [2.45, 2.75) is 39.5 Å². The summed E-state index contributed by atoms with van der Waals surface area (Å²) in [5, 5.41) is 0. The van der Waals surface area contributed by atoms with E-state index in [1.54, 1.807) is 0 Å². The quantitative estimate of drug-likeness (QED) is 0.586. The lowest BCUT2D eigenvalue weighted by Gasteiger charge is -2.40. The number of rotatable bonds is 4. The lowest BCUT2D eigenvalue weighted by molar-refractivity contribution is -0.00412. The van der Waals surface area contributed by atoms with Crippen LogP contribution in [0.3, 0.4) is 0 Å². The molecular weight excluding hydrogens is 124 g/mol. The van der Waals surface area contributed by atoms with Crippen molar-refractivity contribution in [3.63, 3.8) is 0 Å². The zero-order valence-electron chi connectivity index (χ0n) is 7.15. The maximum Gasteiger partial charge on any atom is 0.0522 e. The van der Waals surface area contributed by atoms with Crippen LogP contribution < -0.4 is 0 Å². The van der Waals surface area contributed by atoms with Crippen molar-refractivity contribution >= 4 is 0 Å². The Labute approximate surface area is 63.8 Å². The highest BCUT2D eigenvalue weighted by molar-refractivity contribution is 4.85. The van der Waals surface area contributed by atoms with Crippen molar-refractivity contribution in [3.05, 3.63) is 0 Å². The number of ether oxygens (including phenoxy) is 1. The highest BCUT2D eigenvalue weighted by Crippen LogP contribution is 2.43. The van der Waals surface area contributed by atoms with Gasteiger partial charge in [-0.2, -0.15) is 0 Å². The molecule has 0 aromatic rings. The van der Waals surface area contributed by atoms with E-state index in [9.17, 15) is 0 Å². The van der Waals surface area contributed by atoms with Gasteiger partial charge in [0.25, 0.3) is 0 Å². The van der Waals surface area contributed by atoms with Gasteiger partial charge in [0.05, 0.1) is 6.61 Å².